The van der Waals surface area contributed by atoms with Crippen LogP contribution in [0.1, 0.15) is 6.42 Å². The summed E-state index contributed by atoms with van der Waals surface area (Å²) in [6.45, 7) is 0. The average molecular weight is 178 g/mol. The normalized spacial score (nSPS) is 14.7. The molecule has 0 amide bonds. The van der Waals surface area contributed by atoms with Gasteiger partial charge in [0.25, 0.3) is 0 Å². The Hall–Kier alpha value is 0.402. The van der Waals surface area contributed by atoms with Gasteiger partial charge in [-0.2, -0.15) is 6.08 Å². The van der Waals surface area contributed by atoms with E-state index in [1.807, 2.05) is 12.2 Å². The van der Waals surface area contributed by atoms with Crippen molar-refractivity contribution in [1.29, 1.82) is 0 Å². The molecule has 28 valence electrons. The first-order chi connectivity index (χ1) is 2.50. The third-order valence-corrected chi connectivity index (χ3v) is 0.586. The second-order valence-electron chi connectivity index (χ2n) is 1.00. The maximum atomic E-state index is 2.99. The molecule has 0 nitrogen and oxygen atoms in total. The van der Waals surface area contributed by atoms with E-state index >= 15 is 0 Å². The van der Waals surface area contributed by atoms with Crippen LogP contribution >= 0.6 is 0 Å². The molecule has 0 saturated heterocycles. The maximum absolute atomic E-state index is 2.99. The molecule has 0 N–H and O–H groups in total. The van der Waals surface area contributed by atoms with Crippen molar-refractivity contribution in [3.63, 3.8) is 0 Å². The molecule has 0 bridgehead atoms. The molecular formula is C5H5Cd-. The van der Waals surface area contributed by atoms with E-state index in [2.05, 4.69) is 12.2 Å². The summed E-state index contributed by atoms with van der Waals surface area (Å²) in [5, 5.41) is 0. The molecule has 1 rings (SSSR count). The Morgan fingerprint density at radius 3 is 2.50 bits per heavy atom. The number of hydrogen-bond acceptors (Lipinski definition) is 0. The molecule has 0 aromatic carbocycles. The predicted octanol–water partition coefficient (Wildman–Crippen LogP) is 1.30. The summed E-state index contributed by atoms with van der Waals surface area (Å²) in [4.78, 5) is 0. The van der Waals surface area contributed by atoms with Crippen LogP contribution in [-0.2, 0) is 27.3 Å². The van der Waals surface area contributed by atoms with Gasteiger partial charge in [-0.15, -0.1) is 6.42 Å². The monoisotopic (exact) mass is 179 g/mol. The summed E-state index contributed by atoms with van der Waals surface area (Å²) < 4.78 is 0. The SMILES string of the molecule is [C-]1=CC=CC1.[Cd]. The van der Waals surface area contributed by atoms with Crippen LogP contribution in [0.2, 0.25) is 0 Å². The molecule has 0 unspecified atom stereocenters. The molecular weight excluding hydrogens is 172 g/mol. The fourth-order valence-electron chi connectivity index (χ4n) is 0.340. The Labute approximate surface area is 58.1 Å². The first kappa shape index (κ1) is 6.40. The van der Waals surface area contributed by atoms with Gasteiger partial charge in [0.2, 0.25) is 0 Å². The first-order valence-electron chi connectivity index (χ1n) is 1.72. The second kappa shape index (κ2) is 3.59. The van der Waals surface area contributed by atoms with E-state index in [1.165, 1.54) is 0 Å². The fourth-order valence-corrected chi connectivity index (χ4v) is 0.340. The van der Waals surface area contributed by atoms with Crippen LogP contribution < -0.4 is 0 Å². The van der Waals surface area contributed by atoms with Crippen molar-refractivity contribution in [2.75, 3.05) is 0 Å². The zero-order valence-corrected chi connectivity index (χ0v) is 7.68. The van der Waals surface area contributed by atoms with E-state index in [0.717, 1.165) is 6.42 Å². The van der Waals surface area contributed by atoms with Crippen LogP contribution in [0.25, 0.3) is 0 Å². The Bertz CT molecular complexity index is 62.0. The summed E-state index contributed by atoms with van der Waals surface area (Å²) in [7, 11) is 0. The van der Waals surface area contributed by atoms with Gasteiger partial charge in [0, 0.05) is 27.3 Å². The predicted molar refractivity (Wildman–Crippen MR) is 21.6 cm³/mol. The Morgan fingerprint density at radius 2 is 2.33 bits per heavy atom. The summed E-state index contributed by atoms with van der Waals surface area (Å²) in [5.74, 6) is 0. The van der Waals surface area contributed by atoms with Gasteiger partial charge in [-0.1, -0.05) is 0 Å². The van der Waals surface area contributed by atoms with E-state index in [-0.39, 0.29) is 27.3 Å². The molecule has 1 aliphatic rings. The van der Waals surface area contributed by atoms with Crippen LogP contribution in [0.4, 0.5) is 0 Å². The molecule has 0 aliphatic heterocycles. The van der Waals surface area contributed by atoms with E-state index in [4.69, 9.17) is 0 Å². The fraction of sp³-hybridized carbons (Fsp3) is 0.200. The third-order valence-electron chi connectivity index (χ3n) is 0.586. The molecule has 0 spiro atoms. The largest absolute Gasteiger partial charge is 0.273 e. The van der Waals surface area contributed by atoms with Crippen LogP contribution in [0.5, 0.6) is 0 Å². The van der Waals surface area contributed by atoms with Crippen molar-refractivity contribution in [1.82, 2.24) is 0 Å². The number of rotatable bonds is 0. The summed E-state index contributed by atoms with van der Waals surface area (Å²) in [5.41, 5.74) is 0. The Balaban J connectivity index is 0.000000250. The number of allylic oxidation sites excluding steroid dienone is 4. The van der Waals surface area contributed by atoms with Crippen molar-refractivity contribution in [2.24, 2.45) is 0 Å². The van der Waals surface area contributed by atoms with E-state index < -0.39 is 0 Å². The van der Waals surface area contributed by atoms with Gasteiger partial charge in [0.05, 0.1) is 0 Å². The van der Waals surface area contributed by atoms with Gasteiger partial charge in [-0.3, -0.25) is 6.08 Å². The number of hydrogen-bond donors (Lipinski definition) is 0. The summed E-state index contributed by atoms with van der Waals surface area (Å²) in [6, 6.07) is 0. The Kier molecular flexibility index (Phi) is 3.83. The van der Waals surface area contributed by atoms with E-state index in [0.29, 0.717) is 0 Å². The minimum Gasteiger partial charge on any atom is -0.273 e. The van der Waals surface area contributed by atoms with Crippen LogP contribution in [-0.4, -0.2) is 0 Å². The van der Waals surface area contributed by atoms with Crippen LogP contribution in [0, 0.1) is 6.08 Å². The topological polar surface area (TPSA) is 0 Å². The zero-order chi connectivity index (χ0) is 3.54. The van der Waals surface area contributed by atoms with Gasteiger partial charge in [-0.05, 0) is 0 Å². The van der Waals surface area contributed by atoms with Crippen molar-refractivity contribution < 1.29 is 27.3 Å². The van der Waals surface area contributed by atoms with Crippen molar-refractivity contribution >= 4 is 0 Å². The first-order valence-corrected chi connectivity index (χ1v) is 1.72. The molecule has 0 radical (unpaired) electrons. The molecule has 0 aromatic rings. The minimum absolute atomic E-state index is 0. The average Bonchev–Trinajstić information content (AvgIpc) is 1.76. The second-order valence-corrected chi connectivity index (χ2v) is 1.00. The summed E-state index contributed by atoms with van der Waals surface area (Å²) in [6.07, 6.45) is 10.0. The molecule has 0 fully saturated rings. The van der Waals surface area contributed by atoms with Gasteiger partial charge in [0.15, 0.2) is 0 Å². The van der Waals surface area contributed by atoms with Gasteiger partial charge >= 0.3 is 0 Å². The van der Waals surface area contributed by atoms with Crippen molar-refractivity contribution in [2.45, 2.75) is 6.42 Å². The van der Waals surface area contributed by atoms with E-state index in [1.54, 1.807) is 0 Å². The molecule has 0 atom stereocenters. The van der Waals surface area contributed by atoms with Gasteiger partial charge in [0.1, 0.15) is 0 Å². The minimum atomic E-state index is 0. The van der Waals surface area contributed by atoms with Crippen LogP contribution in [0.15, 0.2) is 18.2 Å². The quantitative estimate of drug-likeness (QED) is 0.387. The van der Waals surface area contributed by atoms with E-state index in [9.17, 15) is 0 Å². The molecule has 0 saturated carbocycles. The molecule has 6 heavy (non-hydrogen) atoms. The zero-order valence-electron chi connectivity index (χ0n) is 3.65. The third kappa shape index (κ3) is 1.75. The van der Waals surface area contributed by atoms with Crippen LogP contribution in [0.3, 0.4) is 0 Å². The molecule has 1 aliphatic carbocycles. The molecule has 0 heterocycles. The van der Waals surface area contributed by atoms with Gasteiger partial charge < -0.3 is 0 Å². The maximum Gasteiger partial charge on any atom is 0 e. The molecule has 1 heteroatoms. The van der Waals surface area contributed by atoms with Gasteiger partial charge in [-0.25, -0.2) is 12.2 Å². The summed E-state index contributed by atoms with van der Waals surface area (Å²) >= 11 is 0. The standard InChI is InChI=1S/C5H5.Cd/c1-2-4-5-3-1;/h1-3H,4H2;/q-1;. The Morgan fingerprint density at radius 1 is 1.50 bits per heavy atom. The molecule has 0 aromatic heterocycles. The smallest absolute Gasteiger partial charge is 0 e. The van der Waals surface area contributed by atoms with Crippen molar-refractivity contribution in [3.8, 4) is 0 Å². The van der Waals surface area contributed by atoms with Crippen molar-refractivity contribution in [3.05, 3.63) is 24.3 Å².